The molecular weight excluding hydrogens is 309 g/mol. The van der Waals surface area contributed by atoms with E-state index in [-0.39, 0.29) is 0 Å². The highest BCUT2D eigenvalue weighted by Gasteiger charge is 2.24. The Balaban J connectivity index is 2.76. The van der Waals surface area contributed by atoms with Crippen molar-refractivity contribution in [1.29, 1.82) is 0 Å². The van der Waals surface area contributed by atoms with Gasteiger partial charge in [-0.05, 0) is 24.0 Å². The fraction of sp³-hybridized carbons (Fsp3) is 0.417. The normalized spacial score (nSPS) is 14.2. The van der Waals surface area contributed by atoms with Crippen LogP contribution < -0.4 is 5.32 Å². The number of halogens is 2. The summed E-state index contributed by atoms with van der Waals surface area (Å²) >= 11 is 12.4. The molecule has 3 N–H and O–H groups in total. The Morgan fingerprint density at radius 3 is 2.37 bits per heavy atom. The molecule has 0 aliphatic heterocycles. The van der Waals surface area contributed by atoms with E-state index in [1.165, 1.54) is 0 Å². The molecule has 19 heavy (non-hydrogen) atoms. The number of alkyl halides is 2. The van der Waals surface area contributed by atoms with E-state index in [1.807, 2.05) is 18.4 Å². The standard InChI is InChI=1S/C12H15Cl2NO3S/c1-19-8-4-2-7(3-5-8)10(17)9(6-16)15-12(18)11(13)14/h2-5,9-11,16-17H,6H2,1H3,(H,15,18)/t9-,10+/m1/s1. The number of thioether (sulfide) groups is 1. The van der Waals surface area contributed by atoms with Gasteiger partial charge in [0.15, 0.2) is 4.84 Å². The minimum Gasteiger partial charge on any atom is -0.394 e. The first-order valence-electron chi connectivity index (χ1n) is 5.51. The first-order chi connectivity index (χ1) is 8.99. The lowest BCUT2D eigenvalue weighted by Gasteiger charge is -2.23. The van der Waals surface area contributed by atoms with Crippen molar-refractivity contribution < 1.29 is 15.0 Å². The smallest absolute Gasteiger partial charge is 0.253 e. The van der Waals surface area contributed by atoms with Crippen molar-refractivity contribution in [3.63, 3.8) is 0 Å². The summed E-state index contributed by atoms with van der Waals surface area (Å²) in [5.41, 5.74) is 0.595. The zero-order chi connectivity index (χ0) is 14.4. The van der Waals surface area contributed by atoms with Crippen molar-refractivity contribution in [2.75, 3.05) is 12.9 Å². The molecule has 0 unspecified atom stereocenters. The first kappa shape index (κ1) is 16.6. The van der Waals surface area contributed by atoms with Crippen LogP contribution in [0.25, 0.3) is 0 Å². The molecule has 0 heterocycles. The minimum absolute atomic E-state index is 0.419. The molecule has 0 saturated carbocycles. The Hall–Kier alpha value is -0.460. The van der Waals surface area contributed by atoms with Gasteiger partial charge in [0.1, 0.15) is 6.10 Å². The van der Waals surface area contributed by atoms with Gasteiger partial charge in [-0.1, -0.05) is 35.3 Å². The molecule has 1 rings (SSSR count). The Kier molecular flexibility index (Phi) is 6.96. The van der Waals surface area contributed by atoms with Crippen LogP contribution in [0.5, 0.6) is 0 Å². The number of amides is 1. The van der Waals surface area contributed by atoms with Crippen molar-refractivity contribution in [2.45, 2.75) is 21.9 Å². The maximum absolute atomic E-state index is 11.3. The van der Waals surface area contributed by atoms with Gasteiger partial charge in [0, 0.05) is 4.90 Å². The van der Waals surface area contributed by atoms with E-state index >= 15 is 0 Å². The molecule has 4 nitrogen and oxygen atoms in total. The minimum atomic E-state index is -1.24. The van der Waals surface area contributed by atoms with Crippen molar-refractivity contribution in [3.8, 4) is 0 Å². The lowest BCUT2D eigenvalue weighted by molar-refractivity contribution is -0.121. The van der Waals surface area contributed by atoms with Gasteiger partial charge in [-0.2, -0.15) is 0 Å². The third kappa shape index (κ3) is 4.85. The maximum Gasteiger partial charge on any atom is 0.253 e. The topological polar surface area (TPSA) is 69.6 Å². The molecule has 0 spiro atoms. The molecule has 1 aromatic carbocycles. The number of nitrogens with one attached hydrogen (secondary N) is 1. The van der Waals surface area contributed by atoms with E-state index in [1.54, 1.807) is 23.9 Å². The largest absolute Gasteiger partial charge is 0.394 e. The number of aliphatic hydroxyl groups excluding tert-OH is 2. The highest BCUT2D eigenvalue weighted by molar-refractivity contribution is 7.98. The lowest BCUT2D eigenvalue weighted by Crippen LogP contribution is -2.44. The molecule has 2 atom stereocenters. The summed E-state index contributed by atoms with van der Waals surface area (Å²) in [7, 11) is 0. The van der Waals surface area contributed by atoms with Crippen molar-refractivity contribution in [1.82, 2.24) is 5.32 Å². The van der Waals surface area contributed by atoms with Crippen LogP contribution >= 0.6 is 35.0 Å². The van der Waals surface area contributed by atoms with Crippen molar-refractivity contribution in [3.05, 3.63) is 29.8 Å². The SMILES string of the molecule is CSc1ccc([C@H](O)[C@@H](CO)NC(=O)C(Cl)Cl)cc1. The fourth-order valence-corrected chi connectivity index (χ4v) is 2.04. The van der Waals surface area contributed by atoms with Crippen molar-refractivity contribution >= 4 is 40.9 Å². The molecule has 106 valence electrons. The van der Waals surface area contributed by atoms with Gasteiger partial charge >= 0.3 is 0 Å². The number of carbonyl (C=O) groups excluding carboxylic acids is 1. The summed E-state index contributed by atoms with van der Waals surface area (Å²) < 4.78 is 0. The highest BCUT2D eigenvalue weighted by atomic mass is 35.5. The van der Waals surface area contributed by atoms with Gasteiger partial charge in [-0.25, -0.2) is 0 Å². The van der Waals surface area contributed by atoms with Crippen LogP contribution in [0.15, 0.2) is 29.2 Å². The summed E-state index contributed by atoms with van der Waals surface area (Å²) in [5, 5.41) is 21.7. The number of hydrogen-bond acceptors (Lipinski definition) is 4. The monoisotopic (exact) mass is 323 g/mol. The second kappa shape index (κ2) is 7.97. The Bertz CT molecular complexity index is 414. The Morgan fingerprint density at radius 1 is 1.37 bits per heavy atom. The van der Waals surface area contributed by atoms with Crippen LogP contribution in [-0.2, 0) is 4.79 Å². The summed E-state index contributed by atoms with van der Waals surface area (Å²) in [6.45, 7) is -0.419. The average Bonchev–Trinajstić information content (AvgIpc) is 2.43. The van der Waals surface area contributed by atoms with E-state index in [9.17, 15) is 15.0 Å². The van der Waals surface area contributed by atoms with E-state index in [4.69, 9.17) is 23.2 Å². The third-order valence-electron chi connectivity index (χ3n) is 2.56. The second-order valence-corrected chi connectivity index (χ2v) is 5.79. The van der Waals surface area contributed by atoms with Gasteiger partial charge in [0.2, 0.25) is 0 Å². The van der Waals surface area contributed by atoms with Crippen LogP contribution in [-0.4, -0.2) is 39.9 Å². The highest BCUT2D eigenvalue weighted by Crippen LogP contribution is 2.21. The van der Waals surface area contributed by atoms with E-state index < -0.39 is 29.5 Å². The molecule has 0 aliphatic rings. The van der Waals surface area contributed by atoms with Gasteiger partial charge in [0.25, 0.3) is 5.91 Å². The summed E-state index contributed by atoms with van der Waals surface area (Å²) in [4.78, 5) is 11.2. The lowest BCUT2D eigenvalue weighted by atomic mass is 10.0. The molecule has 0 aromatic heterocycles. The first-order valence-corrected chi connectivity index (χ1v) is 7.60. The summed E-state index contributed by atoms with van der Waals surface area (Å²) in [5.74, 6) is -0.651. The van der Waals surface area contributed by atoms with E-state index in [2.05, 4.69) is 5.32 Å². The van der Waals surface area contributed by atoms with Crippen LogP contribution in [0.3, 0.4) is 0 Å². The zero-order valence-corrected chi connectivity index (χ0v) is 12.5. The second-order valence-electron chi connectivity index (χ2n) is 3.82. The molecule has 0 fully saturated rings. The molecule has 7 heteroatoms. The van der Waals surface area contributed by atoms with Gasteiger partial charge in [0.05, 0.1) is 12.6 Å². The van der Waals surface area contributed by atoms with Crippen LogP contribution in [0.2, 0.25) is 0 Å². The molecule has 1 amide bonds. The molecular formula is C12H15Cl2NO3S. The van der Waals surface area contributed by atoms with E-state index in [0.29, 0.717) is 5.56 Å². The molecule has 1 aromatic rings. The third-order valence-corrected chi connectivity index (χ3v) is 3.70. The van der Waals surface area contributed by atoms with Crippen LogP contribution in [0.4, 0.5) is 0 Å². The van der Waals surface area contributed by atoms with Gasteiger partial charge < -0.3 is 15.5 Å². The predicted molar refractivity (Wildman–Crippen MR) is 77.7 cm³/mol. The van der Waals surface area contributed by atoms with Gasteiger partial charge in [-0.15, -0.1) is 11.8 Å². The van der Waals surface area contributed by atoms with Gasteiger partial charge in [-0.3, -0.25) is 4.79 Å². The predicted octanol–water partition coefficient (Wildman–Crippen LogP) is 1.72. The average molecular weight is 324 g/mol. The molecule has 0 aliphatic carbocycles. The molecule has 0 saturated heterocycles. The van der Waals surface area contributed by atoms with Crippen LogP contribution in [0.1, 0.15) is 11.7 Å². The number of benzene rings is 1. The fourth-order valence-electron chi connectivity index (χ4n) is 1.50. The number of hydrogen-bond donors (Lipinski definition) is 3. The number of aliphatic hydroxyl groups is 2. The maximum atomic E-state index is 11.3. The van der Waals surface area contributed by atoms with Crippen LogP contribution in [0, 0.1) is 0 Å². The summed E-state index contributed by atoms with van der Waals surface area (Å²) in [6.07, 6.45) is 0.917. The van der Waals surface area contributed by atoms with E-state index in [0.717, 1.165) is 4.90 Å². The quantitative estimate of drug-likeness (QED) is 0.550. The Morgan fingerprint density at radius 2 is 1.95 bits per heavy atom. The van der Waals surface area contributed by atoms with Crippen molar-refractivity contribution in [2.24, 2.45) is 0 Å². The number of carbonyl (C=O) groups is 1. The molecule has 0 bridgehead atoms. The Labute approximate surface area is 126 Å². The summed E-state index contributed by atoms with van der Waals surface area (Å²) in [6, 6.07) is 6.33. The molecule has 0 radical (unpaired) electrons. The zero-order valence-electron chi connectivity index (χ0n) is 10.2. The number of rotatable bonds is 6.